The Labute approximate surface area is 103 Å². The van der Waals surface area contributed by atoms with Crippen molar-refractivity contribution in [1.29, 1.82) is 5.26 Å². The topological polar surface area (TPSA) is 51.4 Å². The van der Waals surface area contributed by atoms with Crippen LogP contribution in [0.4, 0.5) is 0 Å². The van der Waals surface area contributed by atoms with E-state index in [1.807, 2.05) is 6.07 Å². The summed E-state index contributed by atoms with van der Waals surface area (Å²) >= 11 is 0. The molecule has 92 valence electrons. The molecule has 1 fully saturated rings. The number of nitrogens with zero attached hydrogens (tertiary/aromatic N) is 3. The van der Waals surface area contributed by atoms with E-state index in [1.54, 1.807) is 6.08 Å². The summed E-state index contributed by atoms with van der Waals surface area (Å²) in [4.78, 5) is 6.20. The van der Waals surface area contributed by atoms with E-state index in [2.05, 4.69) is 35.6 Å². The summed E-state index contributed by atoms with van der Waals surface area (Å²) in [5.74, 6) is 1.31. The van der Waals surface area contributed by atoms with Gasteiger partial charge in [0.2, 0.25) is 0 Å². The van der Waals surface area contributed by atoms with Gasteiger partial charge in [-0.25, -0.2) is 4.99 Å². The maximum atomic E-state index is 8.64. The van der Waals surface area contributed by atoms with Crippen molar-refractivity contribution in [3.63, 3.8) is 0 Å². The van der Waals surface area contributed by atoms with Crippen LogP contribution in [-0.2, 0) is 0 Å². The van der Waals surface area contributed by atoms with Gasteiger partial charge in [0.15, 0.2) is 0 Å². The number of hydrogen-bond acceptors (Lipinski definition) is 4. The number of rotatable bonds is 5. The molecule has 0 saturated carbocycles. The minimum Gasteiger partial charge on any atom is -0.370 e. The van der Waals surface area contributed by atoms with Gasteiger partial charge >= 0.3 is 0 Å². The minimum atomic E-state index is 0.392. The lowest BCUT2D eigenvalue weighted by molar-refractivity contribution is 0.218. The number of nitrogens with one attached hydrogen (secondary N) is 1. The second-order valence-corrected chi connectivity index (χ2v) is 4.45. The van der Waals surface area contributed by atoms with Crippen LogP contribution in [-0.4, -0.2) is 38.3 Å². The van der Waals surface area contributed by atoms with Crippen molar-refractivity contribution in [1.82, 2.24) is 10.2 Å². The molecular formula is C13H20N4. The summed E-state index contributed by atoms with van der Waals surface area (Å²) < 4.78 is 0. The smallest absolute Gasteiger partial charge is 0.126 e. The Morgan fingerprint density at radius 2 is 2.24 bits per heavy atom. The van der Waals surface area contributed by atoms with Crippen LogP contribution in [0.3, 0.4) is 0 Å². The number of nitriles is 1. The molecule has 0 aromatic carbocycles. The largest absolute Gasteiger partial charge is 0.370 e. The monoisotopic (exact) mass is 232 g/mol. The average molecular weight is 232 g/mol. The molecular weight excluding hydrogens is 212 g/mol. The zero-order chi connectivity index (χ0) is 12.7. The van der Waals surface area contributed by atoms with Gasteiger partial charge in [-0.1, -0.05) is 6.58 Å². The van der Waals surface area contributed by atoms with Crippen LogP contribution in [0.25, 0.3) is 0 Å². The second kappa shape index (κ2) is 6.87. The fourth-order valence-electron chi connectivity index (χ4n) is 1.86. The lowest BCUT2D eigenvalue weighted by atomic mass is 9.97. The van der Waals surface area contributed by atoms with Crippen molar-refractivity contribution in [2.24, 2.45) is 10.9 Å². The first-order chi connectivity index (χ1) is 8.15. The summed E-state index contributed by atoms with van der Waals surface area (Å²) in [6.45, 7) is 10.3. The summed E-state index contributed by atoms with van der Waals surface area (Å²) in [7, 11) is 2.15. The summed E-state index contributed by atoms with van der Waals surface area (Å²) in [5.41, 5.74) is 0.392. The third-order valence-electron chi connectivity index (χ3n) is 3.03. The Balaban J connectivity index is 2.38. The molecule has 17 heavy (non-hydrogen) atoms. The highest BCUT2D eigenvalue weighted by molar-refractivity contribution is 5.36. The van der Waals surface area contributed by atoms with Crippen LogP contribution in [0.1, 0.15) is 12.8 Å². The molecule has 0 atom stereocenters. The van der Waals surface area contributed by atoms with Crippen LogP contribution >= 0.6 is 0 Å². The van der Waals surface area contributed by atoms with E-state index in [1.165, 1.54) is 12.8 Å². The van der Waals surface area contributed by atoms with Gasteiger partial charge in [-0.05, 0) is 51.7 Å². The van der Waals surface area contributed by atoms with Crippen molar-refractivity contribution in [3.05, 3.63) is 24.0 Å². The van der Waals surface area contributed by atoms with Gasteiger partial charge in [0.25, 0.3) is 0 Å². The van der Waals surface area contributed by atoms with E-state index in [9.17, 15) is 0 Å². The van der Waals surface area contributed by atoms with Crippen molar-refractivity contribution < 1.29 is 0 Å². The van der Waals surface area contributed by atoms with E-state index in [4.69, 9.17) is 5.26 Å². The number of allylic oxidation sites excluding steroid dienone is 2. The predicted octanol–water partition coefficient (Wildman–Crippen LogP) is 1.54. The highest BCUT2D eigenvalue weighted by atomic mass is 15.1. The van der Waals surface area contributed by atoms with Gasteiger partial charge in [-0.15, -0.1) is 0 Å². The molecule has 0 aromatic rings. The van der Waals surface area contributed by atoms with Crippen LogP contribution in [0, 0.1) is 17.2 Å². The Kier molecular flexibility index (Phi) is 5.44. The average Bonchev–Trinajstić information content (AvgIpc) is 2.36. The maximum Gasteiger partial charge on any atom is 0.126 e. The third-order valence-corrected chi connectivity index (χ3v) is 3.03. The van der Waals surface area contributed by atoms with Crippen molar-refractivity contribution in [2.45, 2.75) is 12.8 Å². The third kappa shape index (κ3) is 4.83. The molecule has 0 aliphatic carbocycles. The molecule has 1 saturated heterocycles. The van der Waals surface area contributed by atoms with Crippen LogP contribution < -0.4 is 5.32 Å². The highest BCUT2D eigenvalue weighted by Gasteiger charge is 2.16. The SMILES string of the molecule is C=N/C(=C\C(=C)C#N)NCC1CCN(C)CC1. The van der Waals surface area contributed by atoms with E-state index < -0.39 is 0 Å². The zero-order valence-electron chi connectivity index (χ0n) is 10.4. The van der Waals surface area contributed by atoms with Crippen LogP contribution in [0.5, 0.6) is 0 Å². The molecule has 0 aromatic heterocycles. The molecule has 1 heterocycles. The van der Waals surface area contributed by atoms with Crippen molar-refractivity contribution in [2.75, 3.05) is 26.7 Å². The fourth-order valence-corrected chi connectivity index (χ4v) is 1.86. The Bertz CT molecular complexity index is 343. The van der Waals surface area contributed by atoms with Gasteiger partial charge in [-0.3, -0.25) is 0 Å². The molecule has 0 amide bonds. The van der Waals surface area contributed by atoms with Gasteiger partial charge in [0.05, 0.1) is 6.07 Å². The first-order valence-electron chi connectivity index (χ1n) is 5.85. The number of likely N-dealkylation sites (tertiary alicyclic amines) is 1. The maximum absolute atomic E-state index is 8.64. The molecule has 1 N–H and O–H groups in total. The van der Waals surface area contributed by atoms with E-state index >= 15 is 0 Å². The lowest BCUT2D eigenvalue weighted by Gasteiger charge is -2.29. The van der Waals surface area contributed by atoms with Gasteiger partial charge in [-0.2, -0.15) is 5.26 Å². The van der Waals surface area contributed by atoms with Gasteiger partial charge < -0.3 is 10.2 Å². The number of aliphatic imine (C=N–C) groups is 1. The van der Waals surface area contributed by atoms with E-state index in [0.717, 1.165) is 19.6 Å². The van der Waals surface area contributed by atoms with E-state index in [-0.39, 0.29) is 0 Å². The lowest BCUT2D eigenvalue weighted by Crippen LogP contribution is -2.34. The predicted molar refractivity (Wildman–Crippen MR) is 70.6 cm³/mol. The van der Waals surface area contributed by atoms with Crippen LogP contribution in [0.15, 0.2) is 29.0 Å². The Hall–Kier alpha value is -1.60. The summed E-state index contributed by atoms with van der Waals surface area (Å²) in [6.07, 6.45) is 4.03. The highest BCUT2D eigenvalue weighted by Crippen LogP contribution is 2.15. The second-order valence-electron chi connectivity index (χ2n) is 4.45. The molecule has 0 bridgehead atoms. The number of piperidine rings is 1. The standard InChI is InChI=1S/C13H20N4/c1-11(9-14)8-13(15-2)16-10-12-4-6-17(3)7-5-12/h8,12,16H,1-2,4-7,10H2,3H3/b13-8+. The first kappa shape index (κ1) is 13.5. The molecule has 1 rings (SSSR count). The normalized spacial score (nSPS) is 18.5. The Morgan fingerprint density at radius 3 is 2.76 bits per heavy atom. The van der Waals surface area contributed by atoms with Gasteiger partial charge in [0, 0.05) is 12.1 Å². The summed E-state index contributed by atoms with van der Waals surface area (Å²) in [6, 6.07) is 1.97. The van der Waals surface area contributed by atoms with Gasteiger partial charge in [0.1, 0.15) is 5.82 Å². The fraction of sp³-hybridized carbons (Fsp3) is 0.538. The zero-order valence-corrected chi connectivity index (χ0v) is 10.4. The Morgan fingerprint density at radius 1 is 1.59 bits per heavy atom. The summed E-state index contributed by atoms with van der Waals surface area (Å²) in [5, 5.41) is 11.9. The molecule has 4 heteroatoms. The molecule has 4 nitrogen and oxygen atoms in total. The van der Waals surface area contributed by atoms with Crippen molar-refractivity contribution in [3.8, 4) is 6.07 Å². The van der Waals surface area contributed by atoms with Crippen LogP contribution in [0.2, 0.25) is 0 Å². The van der Waals surface area contributed by atoms with E-state index in [0.29, 0.717) is 17.3 Å². The molecule has 0 unspecified atom stereocenters. The molecule has 1 aliphatic heterocycles. The minimum absolute atomic E-state index is 0.392. The number of hydrogen-bond donors (Lipinski definition) is 1. The molecule has 0 radical (unpaired) electrons. The molecule has 0 spiro atoms. The first-order valence-corrected chi connectivity index (χ1v) is 5.85. The quantitative estimate of drug-likeness (QED) is 0.444. The van der Waals surface area contributed by atoms with Crippen molar-refractivity contribution >= 4 is 6.72 Å². The molecule has 1 aliphatic rings.